The fourth-order valence-corrected chi connectivity index (χ4v) is 7.75. The fraction of sp³-hybridized carbons (Fsp3) is 0.0652. The van der Waals surface area contributed by atoms with Crippen LogP contribution in [0.2, 0.25) is 0 Å². The Hall–Kier alpha value is -7.84. The number of fused-ring (bicyclic) bond motifs is 3. The van der Waals surface area contributed by atoms with Gasteiger partial charge in [0, 0.05) is 29.9 Å². The van der Waals surface area contributed by atoms with E-state index in [9.17, 15) is 32.7 Å². The number of urea groups is 1. The van der Waals surface area contributed by atoms with E-state index >= 15 is 0 Å². The topological polar surface area (TPSA) is 200 Å². The average Bonchev–Trinajstić information content (AvgIpc) is 3.44. The molecular weight excluding hydrogens is 783 g/mol. The van der Waals surface area contributed by atoms with Crippen molar-refractivity contribution in [3.05, 3.63) is 191 Å². The number of rotatable bonds is 6. The Balaban J connectivity index is 0.000000152. The fourth-order valence-electron chi connectivity index (χ4n) is 6.35. The number of nitrogens with one attached hydrogen (secondary N) is 1. The number of ketones is 1. The van der Waals surface area contributed by atoms with E-state index in [1.54, 1.807) is 90.7 Å². The van der Waals surface area contributed by atoms with Crippen molar-refractivity contribution in [3.63, 3.8) is 0 Å². The van der Waals surface area contributed by atoms with Crippen molar-refractivity contribution in [1.82, 2.24) is 9.29 Å². The number of carboxylic acid groups (broad SMARTS) is 1. The number of aliphatic hydroxyl groups is 1. The second-order valence-corrected chi connectivity index (χ2v) is 15.3. The molecule has 8 rings (SSSR count). The summed E-state index contributed by atoms with van der Waals surface area (Å²) in [5.74, 6) is -2.52. The van der Waals surface area contributed by atoms with Crippen molar-refractivity contribution < 1.29 is 37.8 Å². The molecule has 3 amide bonds. The predicted molar refractivity (Wildman–Crippen MR) is 230 cm³/mol. The second kappa shape index (κ2) is 18.2. The Morgan fingerprint density at radius 1 is 0.717 bits per heavy atom. The van der Waals surface area contributed by atoms with Gasteiger partial charge in [-0.3, -0.25) is 23.6 Å². The van der Waals surface area contributed by atoms with E-state index in [1.165, 1.54) is 25.4 Å². The molecule has 0 saturated heterocycles. The number of hydrogen-bond donors (Lipinski definition) is 4. The highest BCUT2D eigenvalue weighted by Crippen LogP contribution is 2.36. The van der Waals surface area contributed by atoms with Gasteiger partial charge in [-0.1, -0.05) is 115 Å². The molecule has 1 unspecified atom stereocenters. The van der Waals surface area contributed by atoms with E-state index in [1.807, 2.05) is 66.7 Å². The van der Waals surface area contributed by atoms with Gasteiger partial charge in [-0.25, -0.2) is 18.2 Å². The standard InChI is InChI=1S/C16H14O3.C15H13N3O4S.C15H12N2O/c1-11(16(18)19)13-8-5-9-14(10-13)15(17)12-6-3-2-4-7-12;1-18-13(15(20)17-12-8-4-5-9-16-12)14(19)10-6-2-3-7-11(10)23(18,21)22;16-15(18)17-13-7-3-1-5-11(13)9-10-12-6-2-4-8-14(12)17/h2-11H,1H3,(H,18,19);2-9,19H,1H3,(H,16,17,20);1-10H,(H2,16,18). The van der Waals surface area contributed by atoms with Gasteiger partial charge in [0.2, 0.25) is 0 Å². The van der Waals surface area contributed by atoms with Crippen LogP contribution in [0.25, 0.3) is 17.9 Å². The maximum Gasteiger partial charge on any atom is 0.323 e. The summed E-state index contributed by atoms with van der Waals surface area (Å²) in [6.07, 6.45) is 5.48. The van der Waals surface area contributed by atoms with Crippen LogP contribution >= 0.6 is 0 Å². The maximum absolute atomic E-state index is 12.5. The Kier molecular flexibility index (Phi) is 12.7. The molecule has 1 aromatic heterocycles. The Morgan fingerprint density at radius 2 is 1.28 bits per heavy atom. The number of amides is 3. The molecule has 0 fully saturated rings. The minimum atomic E-state index is -3.91. The Labute approximate surface area is 346 Å². The monoisotopic (exact) mass is 821 g/mol. The number of benzene rings is 5. The van der Waals surface area contributed by atoms with Crippen molar-refractivity contribution in [1.29, 1.82) is 0 Å². The number of carbonyl (C=O) groups excluding carboxylic acids is 3. The van der Waals surface area contributed by atoms with E-state index in [-0.39, 0.29) is 27.8 Å². The minimum Gasteiger partial charge on any atom is -0.505 e. The molecule has 0 bridgehead atoms. The molecule has 0 radical (unpaired) electrons. The number of nitrogens with zero attached hydrogens (tertiary/aromatic N) is 3. The molecule has 1 atom stereocenters. The highest BCUT2D eigenvalue weighted by molar-refractivity contribution is 7.89. The van der Waals surface area contributed by atoms with Gasteiger partial charge in [0.15, 0.2) is 17.2 Å². The Bertz CT molecular complexity index is 2710. The molecule has 6 aromatic rings. The van der Waals surface area contributed by atoms with Crippen LogP contribution in [0.1, 0.15) is 51.0 Å². The van der Waals surface area contributed by atoms with E-state index in [0.717, 1.165) is 26.8 Å². The van der Waals surface area contributed by atoms with Gasteiger partial charge >= 0.3 is 12.0 Å². The highest BCUT2D eigenvalue weighted by atomic mass is 32.2. The largest absolute Gasteiger partial charge is 0.505 e. The number of aromatic nitrogens is 1. The summed E-state index contributed by atoms with van der Waals surface area (Å²) in [4.78, 5) is 52.8. The van der Waals surface area contributed by atoms with E-state index in [0.29, 0.717) is 16.7 Å². The van der Waals surface area contributed by atoms with Crippen LogP contribution in [-0.4, -0.2) is 58.7 Å². The van der Waals surface area contributed by atoms with Crippen molar-refractivity contribution in [2.24, 2.45) is 5.73 Å². The SMILES string of the molecule is CC(C(=O)O)c1cccc(C(=O)c2ccccc2)c1.CN1C(C(=O)Nc2ccccn2)=C(O)c2ccccc2S1(=O)=O.NC(=O)N1c2ccccc2C=Cc2ccccc21. The van der Waals surface area contributed by atoms with E-state index in [4.69, 9.17) is 10.8 Å². The van der Waals surface area contributed by atoms with E-state index in [2.05, 4.69) is 10.3 Å². The maximum atomic E-state index is 12.5. The number of aliphatic carboxylic acids is 1. The summed E-state index contributed by atoms with van der Waals surface area (Å²) in [6.45, 7) is 1.61. The molecule has 2 aliphatic rings. The molecule has 2 aliphatic heterocycles. The molecule has 60 heavy (non-hydrogen) atoms. The van der Waals surface area contributed by atoms with Crippen LogP contribution in [0.15, 0.2) is 162 Å². The number of para-hydroxylation sites is 2. The third-order valence-electron chi connectivity index (χ3n) is 9.51. The summed E-state index contributed by atoms with van der Waals surface area (Å²) in [7, 11) is -2.69. The number of primary amides is 1. The molecule has 0 saturated carbocycles. The summed E-state index contributed by atoms with van der Waals surface area (Å²) < 4.78 is 25.8. The third-order valence-corrected chi connectivity index (χ3v) is 11.3. The molecule has 5 N–H and O–H groups in total. The number of aliphatic hydroxyl groups excluding tert-OH is 1. The minimum absolute atomic E-state index is 0.0469. The first-order valence-corrected chi connectivity index (χ1v) is 19.9. The molecular formula is C46H39N5O8S. The summed E-state index contributed by atoms with van der Waals surface area (Å²) in [5, 5.41) is 21.8. The normalized spacial score (nSPS) is 13.6. The third kappa shape index (κ3) is 8.98. The zero-order chi connectivity index (χ0) is 43.0. The molecule has 0 spiro atoms. The summed E-state index contributed by atoms with van der Waals surface area (Å²) >= 11 is 0. The molecule has 0 aliphatic carbocycles. The summed E-state index contributed by atoms with van der Waals surface area (Å²) in [6, 6.07) is 41.5. The van der Waals surface area contributed by atoms with Gasteiger partial charge < -0.3 is 21.3 Å². The van der Waals surface area contributed by atoms with Crippen molar-refractivity contribution in [2.45, 2.75) is 17.7 Å². The molecule has 5 aromatic carbocycles. The molecule has 13 nitrogen and oxygen atoms in total. The average molecular weight is 822 g/mol. The molecule has 302 valence electrons. The number of nitrogens with two attached hydrogens (primary N) is 1. The van der Waals surface area contributed by atoms with Gasteiger partial charge in [0.05, 0.1) is 22.2 Å². The highest BCUT2D eigenvalue weighted by Gasteiger charge is 2.37. The van der Waals surface area contributed by atoms with E-state index < -0.39 is 39.6 Å². The number of hydrogen-bond acceptors (Lipinski definition) is 8. The number of pyridine rings is 1. The zero-order valence-electron chi connectivity index (χ0n) is 32.3. The number of carbonyl (C=O) groups is 4. The lowest BCUT2D eigenvalue weighted by molar-refractivity contribution is -0.138. The lowest BCUT2D eigenvalue weighted by Gasteiger charge is -2.28. The van der Waals surface area contributed by atoms with Crippen molar-refractivity contribution in [3.8, 4) is 0 Å². The van der Waals surface area contributed by atoms with Crippen LogP contribution < -0.4 is 16.0 Å². The number of carboxylic acids is 1. The van der Waals surface area contributed by atoms with Gasteiger partial charge in [-0.15, -0.1) is 0 Å². The zero-order valence-corrected chi connectivity index (χ0v) is 33.2. The lowest BCUT2D eigenvalue weighted by atomic mass is 9.96. The first kappa shape index (κ1) is 41.8. The van der Waals surface area contributed by atoms with Crippen molar-refractivity contribution >= 4 is 68.8 Å². The quantitative estimate of drug-likeness (QED) is 0.120. The van der Waals surface area contributed by atoms with Crippen molar-refractivity contribution in [2.75, 3.05) is 17.3 Å². The first-order chi connectivity index (χ1) is 28.8. The van der Waals surface area contributed by atoms with Crippen LogP contribution in [-0.2, 0) is 19.6 Å². The van der Waals surface area contributed by atoms with Crippen LogP contribution in [0.5, 0.6) is 0 Å². The smallest absolute Gasteiger partial charge is 0.323 e. The molecule has 14 heteroatoms. The van der Waals surface area contributed by atoms with Gasteiger partial charge in [-0.2, -0.15) is 0 Å². The van der Waals surface area contributed by atoms with Crippen LogP contribution in [0, 0.1) is 0 Å². The van der Waals surface area contributed by atoms with Gasteiger partial charge in [0.25, 0.3) is 15.9 Å². The first-order valence-electron chi connectivity index (χ1n) is 18.4. The Morgan fingerprint density at radius 3 is 1.88 bits per heavy atom. The van der Waals surface area contributed by atoms with Gasteiger partial charge in [-0.05, 0) is 66.1 Å². The van der Waals surface area contributed by atoms with Crippen LogP contribution in [0.4, 0.5) is 22.0 Å². The van der Waals surface area contributed by atoms with Crippen LogP contribution in [0.3, 0.4) is 0 Å². The second-order valence-electron chi connectivity index (χ2n) is 13.3. The number of sulfonamides is 1. The lowest BCUT2D eigenvalue weighted by Crippen LogP contribution is -2.37. The number of likely N-dealkylation sites (N-methyl/N-ethyl adjacent to an activating group) is 1. The summed E-state index contributed by atoms with van der Waals surface area (Å²) in [5.41, 5.74) is 10.6. The number of anilines is 3. The van der Waals surface area contributed by atoms with Gasteiger partial charge in [0.1, 0.15) is 5.82 Å². The molecule has 3 heterocycles. The predicted octanol–water partition coefficient (Wildman–Crippen LogP) is 8.07.